The van der Waals surface area contributed by atoms with Gasteiger partial charge in [-0.15, -0.1) is 0 Å². The van der Waals surface area contributed by atoms with E-state index < -0.39 is 11.9 Å². The molecule has 0 spiro atoms. The molecule has 1 atom stereocenters. The fraction of sp³-hybridized carbons (Fsp3) is 0.333. The third-order valence-electron chi connectivity index (χ3n) is 2.61. The molecule has 1 unspecified atom stereocenters. The van der Waals surface area contributed by atoms with Crippen LogP contribution in [0.3, 0.4) is 0 Å². The van der Waals surface area contributed by atoms with Crippen LogP contribution in [0.25, 0.3) is 5.52 Å². The summed E-state index contributed by atoms with van der Waals surface area (Å²) in [7, 11) is 0. The molecular weight excluding hydrogens is 204 g/mol. The number of aliphatic carboxylic acids is 1. The van der Waals surface area contributed by atoms with Crippen LogP contribution in [-0.2, 0) is 11.2 Å². The first-order valence-electron chi connectivity index (χ1n) is 5.24. The number of aromatic nitrogens is 2. The molecule has 1 N–H and O–H groups in total. The number of rotatable bonds is 3. The zero-order chi connectivity index (χ0) is 11.7. The number of hydrogen-bond acceptors (Lipinski definition) is 2. The number of carbonyl (C=O) groups is 1. The van der Waals surface area contributed by atoms with Crippen LogP contribution < -0.4 is 0 Å². The van der Waals surface area contributed by atoms with Gasteiger partial charge in [0.2, 0.25) is 0 Å². The van der Waals surface area contributed by atoms with E-state index in [1.54, 1.807) is 11.4 Å². The Morgan fingerprint density at radius 2 is 2.31 bits per heavy atom. The summed E-state index contributed by atoms with van der Waals surface area (Å²) < 4.78 is 1.77. The molecule has 0 bridgehead atoms. The van der Waals surface area contributed by atoms with Crippen LogP contribution in [0.1, 0.15) is 18.2 Å². The summed E-state index contributed by atoms with van der Waals surface area (Å²) in [5, 5.41) is 13.2. The maximum atomic E-state index is 10.7. The minimum absolute atomic E-state index is 0.397. The summed E-state index contributed by atoms with van der Waals surface area (Å²) >= 11 is 0. The third-order valence-corrected chi connectivity index (χ3v) is 2.61. The van der Waals surface area contributed by atoms with Crippen molar-refractivity contribution in [2.24, 2.45) is 5.92 Å². The van der Waals surface area contributed by atoms with Gasteiger partial charge in [0.15, 0.2) is 0 Å². The molecule has 0 aliphatic carbocycles. The highest BCUT2D eigenvalue weighted by Gasteiger charge is 2.13. The number of pyridine rings is 1. The lowest BCUT2D eigenvalue weighted by Crippen LogP contribution is -2.12. The second kappa shape index (κ2) is 3.96. The zero-order valence-electron chi connectivity index (χ0n) is 9.34. The smallest absolute Gasteiger partial charge is 0.306 e. The van der Waals surface area contributed by atoms with Crippen molar-refractivity contribution in [1.82, 2.24) is 9.61 Å². The first-order chi connectivity index (χ1) is 7.56. The minimum Gasteiger partial charge on any atom is -0.481 e. The van der Waals surface area contributed by atoms with Gasteiger partial charge in [-0.25, -0.2) is 4.52 Å². The van der Waals surface area contributed by atoms with Crippen LogP contribution in [0, 0.1) is 12.8 Å². The van der Waals surface area contributed by atoms with E-state index in [0.29, 0.717) is 6.42 Å². The summed E-state index contributed by atoms with van der Waals surface area (Å²) in [4.78, 5) is 10.7. The lowest BCUT2D eigenvalue weighted by atomic mass is 10.1. The Balaban J connectivity index is 2.29. The maximum absolute atomic E-state index is 10.7. The minimum atomic E-state index is -0.784. The van der Waals surface area contributed by atoms with Crippen LogP contribution in [0.2, 0.25) is 0 Å². The molecule has 4 heteroatoms. The van der Waals surface area contributed by atoms with E-state index in [1.165, 1.54) is 5.56 Å². The van der Waals surface area contributed by atoms with Crippen LogP contribution in [-0.4, -0.2) is 20.7 Å². The molecule has 0 aromatic carbocycles. The molecule has 84 valence electrons. The molecule has 0 fully saturated rings. The van der Waals surface area contributed by atoms with Gasteiger partial charge in [0.25, 0.3) is 0 Å². The summed E-state index contributed by atoms with van der Waals surface area (Å²) in [5.41, 5.74) is 3.00. The summed E-state index contributed by atoms with van der Waals surface area (Å²) in [6, 6.07) is 5.94. The molecule has 16 heavy (non-hydrogen) atoms. The number of aryl methyl sites for hydroxylation is 1. The van der Waals surface area contributed by atoms with Gasteiger partial charge in [-0.3, -0.25) is 4.79 Å². The topological polar surface area (TPSA) is 54.6 Å². The van der Waals surface area contributed by atoms with Gasteiger partial charge in [-0.1, -0.05) is 6.92 Å². The van der Waals surface area contributed by atoms with Crippen molar-refractivity contribution in [3.8, 4) is 0 Å². The lowest BCUT2D eigenvalue weighted by Gasteiger charge is -2.01. The highest BCUT2D eigenvalue weighted by atomic mass is 16.4. The van der Waals surface area contributed by atoms with Crippen LogP contribution >= 0.6 is 0 Å². The van der Waals surface area contributed by atoms with E-state index in [2.05, 4.69) is 5.10 Å². The fourth-order valence-corrected chi connectivity index (χ4v) is 1.66. The second-order valence-corrected chi connectivity index (χ2v) is 4.15. The normalized spacial score (nSPS) is 12.9. The standard InChI is InChI=1S/C12H14N2O2/c1-8-3-4-14-11(5-8)7-10(13-14)6-9(2)12(15)16/h3-5,7,9H,6H2,1-2H3,(H,15,16). The van der Waals surface area contributed by atoms with E-state index >= 15 is 0 Å². The van der Waals surface area contributed by atoms with Gasteiger partial charge in [-0.05, 0) is 30.7 Å². The molecule has 2 rings (SSSR count). The van der Waals surface area contributed by atoms with Crippen molar-refractivity contribution >= 4 is 11.5 Å². The van der Waals surface area contributed by atoms with E-state index in [9.17, 15) is 4.79 Å². The molecule has 0 aliphatic heterocycles. The Morgan fingerprint density at radius 1 is 1.56 bits per heavy atom. The Morgan fingerprint density at radius 3 is 3.00 bits per heavy atom. The summed E-state index contributed by atoms with van der Waals surface area (Å²) in [6.07, 6.45) is 2.36. The first-order valence-corrected chi connectivity index (χ1v) is 5.24. The van der Waals surface area contributed by atoms with E-state index in [0.717, 1.165) is 11.2 Å². The largest absolute Gasteiger partial charge is 0.481 e. The van der Waals surface area contributed by atoms with Crippen molar-refractivity contribution in [3.05, 3.63) is 35.7 Å². The Bertz CT molecular complexity index is 531. The number of carboxylic acids is 1. The van der Waals surface area contributed by atoms with Crippen molar-refractivity contribution in [3.63, 3.8) is 0 Å². The highest BCUT2D eigenvalue weighted by molar-refractivity contribution is 5.69. The van der Waals surface area contributed by atoms with E-state index in [1.807, 2.05) is 31.3 Å². The molecule has 0 saturated heterocycles. The van der Waals surface area contributed by atoms with E-state index in [4.69, 9.17) is 5.11 Å². The first kappa shape index (κ1) is 10.7. The van der Waals surface area contributed by atoms with Crippen molar-refractivity contribution in [1.29, 1.82) is 0 Å². The SMILES string of the molecule is Cc1ccn2nc(CC(C)C(=O)O)cc2c1. The average molecular weight is 218 g/mol. The Kier molecular flexibility index (Phi) is 2.64. The lowest BCUT2D eigenvalue weighted by molar-refractivity contribution is -0.141. The van der Waals surface area contributed by atoms with Gasteiger partial charge < -0.3 is 5.11 Å². The predicted molar refractivity (Wildman–Crippen MR) is 60.4 cm³/mol. The maximum Gasteiger partial charge on any atom is 0.306 e. The van der Waals surface area contributed by atoms with Gasteiger partial charge >= 0.3 is 5.97 Å². The monoisotopic (exact) mass is 218 g/mol. The van der Waals surface area contributed by atoms with E-state index in [-0.39, 0.29) is 0 Å². The van der Waals surface area contributed by atoms with Crippen LogP contribution in [0.15, 0.2) is 24.4 Å². The fourth-order valence-electron chi connectivity index (χ4n) is 1.66. The van der Waals surface area contributed by atoms with Crippen molar-refractivity contribution in [2.45, 2.75) is 20.3 Å². The molecule has 2 aromatic heterocycles. The summed E-state index contributed by atoms with van der Waals surface area (Å²) in [6.45, 7) is 3.71. The Hall–Kier alpha value is -1.84. The molecule has 0 amide bonds. The second-order valence-electron chi connectivity index (χ2n) is 4.15. The van der Waals surface area contributed by atoms with Crippen LogP contribution in [0.5, 0.6) is 0 Å². The molecule has 4 nitrogen and oxygen atoms in total. The molecule has 0 saturated carbocycles. The molecular formula is C12H14N2O2. The number of fused-ring (bicyclic) bond motifs is 1. The van der Waals surface area contributed by atoms with Gasteiger partial charge in [0, 0.05) is 12.6 Å². The number of hydrogen-bond donors (Lipinski definition) is 1. The predicted octanol–water partition coefficient (Wildman–Crippen LogP) is 1.91. The molecule has 0 radical (unpaired) electrons. The van der Waals surface area contributed by atoms with Gasteiger partial charge in [-0.2, -0.15) is 5.10 Å². The quantitative estimate of drug-likeness (QED) is 0.856. The highest BCUT2D eigenvalue weighted by Crippen LogP contribution is 2.12. The van der Waals surface area contributed by atoms with Crippen molar-refractivity contribution < 1.29 is 9.90 Å². The van der Waals surface area contributed by atoms with Gasteiger partial charge in [0.1, 0.15) is 0 Å². The summed E-state index contributed by atoms with van der Waals surface area (Å²) in [5.74, 6) is -1.18. The number of carboxylic acid groups (broad SMARTS) is 1. The Labute approximate surface area is 93.5 Å². The number of nitrogens with zero attached hydrogens (tertiary/aromatic N) is 2. The van der Waals surface area contributed by atoms with Crippen LogP contribution in [0.4, 0.5) is 0 Å². The zero-order valence-corrected chi connectivity index (χ0v) is 9.34. The van der Waals surface area contributed by atoms with Gasteiger partial charge in [0.05, 0.1) is 17.1 Å². The van der Waals surface area contributed by atoms with Crippen molar-refractivity contribution in [2.75, 3.05) is 0 Å². The molecule has 2 heterocycles. The third kappa shape index (κ3) is 2.05. The average Bonchev–Trinajstić information content (AvgIpc) is 2.58. The molecule has 2 aromatic rings. The molecule has 0 aliphatic rings.